The molecule has 0 bridgehead atoms. The lowest BCUT2D eigenvalue weighted by Gasteiger charge is -2.05. The fraction of sp³-hybridized carbons (Fsp3) is 0.913. The molecular formula is C23H46O4. The third-order valence-corrected chi connectivity index (χ3v) is 4.91. The Hall–Kier alpha value is -1.06. The van der Waals surface area contributed by atoms with E-state index in [2.05, 4.69) is 13.8 Å². The van der Waals surface area contributed by atoms with E-state index in [-0.39, 0.29) is 5.92 Å². The Kier molecular flexibility index (Phi) is 24.0. The minimum atomic E-state index is -0.661. The lowest BCUT2D eigenvalue weighted by Crippen LogP contribution is -2.08. The molecule has 0 saturated heterocycles. The van der Waals surface area contributed by atoms with E-state index in [1.54, 1.807) is 6.92 Å². The van der Waals surface area contributed by atoms with Crippen molar-refractivity contribution < 1.29 is 19.8 Å². The van der Waals surface area contributed by atoms with E-state index in [0.29, 0.717) is 6.42 Å². The quantitative estimate of drug-likeness (QED) is 0.240. The molecule has 0 aliphatic heterocycles. The van der Waals surface area contributed by atoms with Gasteiger partial charge in [-0.2, -0.15) is 0 Å². The molecule has 0 saturated carbocycles. The van der Waals surface area contributed by atoms with E-state index >= 15 is 0 Å². The first-order valence-electron chi connectivity index (χ1n) is 11.4. The molecule has 27 heavy (non-hydrogen) atoms. The molecule has 0 radical (unpaired) electrons. The van der Waals surface area contributed by atoms with Crippen LogP contribution >= 0.6 is 0 Å². The third kappa shape index (κ3) is 27.3. The van der Waals surface area contributed by atoms with Crippen molar-refractivity contribution in [2.24, 2.45) is 5.92 Å². The van der Waals surface area contributed by atoms with Crippen LogP contribution in [0.2, 0.25) is 0 Å². The minimum Gasteiger partial charge on any atom is -0.481 e. The summed E-state index contributed by atoms with van der Waals surface area (Å²) in [5.74, 6) is -1.48. The predicted octanol–water partition coefficient (Wildman–Crippen LogP) is 7.45. The average Bonchev–Trinajstić information content (AvgIpc) is 2.63. The molecule has 4 heteroatoms. The van der Waals surface area contributed by atoms with Gasteiger partial charge >= 0.3 is 11.9 Å². The van der Waals surface area contributed by atoms with Gasteiger partial charge in [0.15, 0.2) is 0 Å². The van der Waals surface area contributed by atoms with Gasteiger partial charge < -0.3 is 10.2 Å². The van der Waals surface area contributed by atoms with Gasteiger partial charge in [-0.05, 0) is 12.8 Å². The number of hydrogen-bond donors (Lipinski definition) is 2. The Bertz CT molecular complexity index is 328. The number of aliphatic carboxylic acids is 2. The molecule has 0 fully saturated rings. The summed E-state index contributed by atoms with van der Waals surface area (Å²) in [5, 5.41) is 17.0. The van der Waals surface area contributed by atoms with Gasteiger partial charge in [0.2, 0.25) is 0 Å². The van der Waals surface area contributed by atoms with Crippen molar-refractivity contribution in [1.29, 1.82) is 0 Å². The van der Waals surface area contributed by atoms with E-state index < -0.39 is 11.9 Å². The number of carbonyl (C=O) groups is 2. The molecule has 4 nitrogen and oxygen atoms in total. The average molecular weight is 387 g/mol. The molecule has 0 aliphatic carbocycles. The zero-order valence-electron chi connectivity index (χ0n) is 18.3. The molecule has 1 unspecified atom stereocenters. The van der Waals surface area contributed by atoms with Crippen LogP contribution in [-0.2, 0) is 9.59 Å². The van der Waals surface area contributed by atoms with E-state index in [9.17, 15) is 9.59 Å². The van der Waals surface area contributed by atoms with Crippen molar-refractivity contribution in [1.82, 2.24) is 0 Å². The van der Waals surface area contributed by atoms with Gasteiger partial charge in [0.25, 0.3) is 0 Å². The van der Waals surface area contributed by atoms with Crippen LogP contribution in [0, 0.1) is 5.92 Å². The second kappa shape index (κ2) is 23.0. The lowest BCUT2D eigenvalue weighted by molar-refractivity contribution is -0.141. The topological polar surface area (TPSA) is 74.6 Å². The molecule has 0 amide bonds. The maximum absolute atomic E-state index is 10.5. The maximum Gasteiger partial charge on any atom is 0.306 e. The Morgan fingerprint density at radius 3 is 1.37 bits per heavy atom. The number of rotatable bonds is 18. The number of carboxylic acids is 2. The summed E-state index contributed by atoms with van der Waals surface area (Å²) in [7, 11) is 0. The van der Waals surface area contributed by atoms with Gasteiger partial charge in [-0.1, -0.05) is 111 Å². The monoisotopic (exact) mass is 386 g/mol. The molecule has 0 aromatic heterocycles. The number of hydrogen-bond acceptors (Lipinski definition) is 2. The SMILES string of the molecule is CCCCCCCCCC(C)C(=O)O.CCCCCCCCCCC(=O)O. The molecule has 2 N–H and O–H groups in total. The zero-order chi connectivity index (χ0) is 20.8. The van der Waals surface area contributed by atoms with Gasteiger partial charge in [-0.3, -0.25) is 9.59 Å². The fourth-order valence-corrected chi connectivity index (χ4v) is 2.94. The summed E-state index contributed by atoms with van der Waals surface area (Å²) in [5.41, 5.74) is 0. The summed E-state index contributed by atoms with van der Waals surface area (Å²) in [6.07, 6.45) is 19.7. The van der Waals surface area contributed by atoms with Crippen molar-refractivity contribution in [3.8, 4) is 0 Å². The van der Waals surface area contributed by atoms with Crippen molar-refractivity contribution in [3.05, 3.63) is 0 Å². The Labute approximate surface area is 168 Å². The number of carboxylic acid groups (broad SMARTS) is 2. The van der Waals surface area contributed by atoms with Crippen LogP contribution in [0.4, 0.5) is 0 Å². The fourth-order valence-electron chi connectivity index (χ4n) is 2.94. The summed E-state index contributed by atoms with van der Waals surface area (Å²) in [6, 6.07) is 0. The highest BCUT2D eigenvalue weighted by Gasteiger charge is 2.09. The zero-order valence-corrected chi connectivity index (χ0v) is 18.3. The highest BCUT2D eigenvalue weighted by molar-refractivity contribution is 5.69. The molecule has 0 aliphatic rings. The van der Waals surface area contributed by atoms with Crippen LogP contribution in [0.25, 0.3) is 0 Å². The Morgan fingerprint density at radius 2 is 1.00 bits per heavy atom. The van der Waals surface area contributed by atoms with Crippen molar-refractivity contribution in [3.63, 3.8) is 0 Å². The summed E-state index contributed by atoms with van der Waals surface area (Å²) in [6.45, 7) is 6.22. The Morgan fingerprint density at radius 1 is 0.630 bits per heavy atom. The van der Waals surface area contributed by atoms with Crippen molar-refractivity contribution in [2.45, 2.75) is 130 Å². The minimum absolute atomic E-state index is 0.161. The Balaban J connectivity index is 0. The van der Waals surface area contributed by atoms with Crippen LogP contribution in [0.3, 0.4) is 0 Å². The number of unbranched alkanes of at least 4 members (excludes halogenated alkanes) is 13. The van der Waals surface area contributed by atoms with E-state index in [4.69, 9.17) is 10.2 Å². The van der Waals surface area contributed by atoms with Gasteiger partial charge in [-0.15, -0.1) is 0 Å². The molecule has 0 heterocycles. The maximum atomic E-state index is 10.5. The smallest absolute Gasteiger partial charge is 0.306 e. The highest BCUT2D eigenvalue weighted by Crippen LogP contribution is 2.12. The van der Waals surface area contributed by atoms with E-state index in [1.165, 1.54) is 77.0 Å². The van der Waals surface area contributed by atoms with Gasteiger partial charge in [0, 0.05) is 6.42 Å². The summed E-state index contributed by atoms with van der Waals surface area (Å²) in [4.78, 5) is 20.7. The first kappa shape index (κ1) is 28.2. The molecule has 0 rings (SSSR count). The van der Waals surface area contributed by atoms with Crippen LogP contribution < -0.4 is 0 Å². The van der Waals surface area contributed by atoms with E-state index in [0.717, 1.165) is 25.7 Å². The van der Waals surface area contributed by atoms with E-state index in [1.807, 2.05) is 0 Å². The van der Waals surface area contributed by atoms with Crippen molar-refractivity contribution in [2.75, 3.05) is 0 Å². The third-order valence-electron chi connectivity index (χ3n) is 4.91. The predicted molar refractivity (Wildman–Crippen MR) is 114 cm³/mol. The van der Waals surface area contributed by atoms with Gasteiger partial charge in [0.1, 0.15) is 0 Å². The molecule has 0 aromatic carbocycles. The van der Waals surface area contributed by atoms with Crippen LogP contribution in [0.15, 0.2) is 0 Å². The lowest BCUT2D eigenvalue weighted by atomic mass is 10.0. The first-order chi connectivity index (χ1) is 13.0. The highest BCUT2D eigenvalue weighted by atomic mass is 16.4. The van der Waals surface area contributed by atoms with Gasteiger partial charge in [0.05, 0.1) is 5.92 Å². The van der Waals surface area contributed by atoms with Crippen LogP contribution in [0.1, 0.15) is 130 Å². The second-order valence-electron chi connectivity index (χ2n) is 7.77. The molecule has 0 spiro atoms. The standard InChI is InChI=1S/C12H24O2.C11H22O2/c1-3-4-5-6-7-8-9-10-11(2)12(13)14;1-2-3-4-5-6-7-8-9-10-11(12)13/h11H,3-10H2,1-2H3,(H,13,14);2-10H2,1H3,(H,12,13). The second-order valence-corrected chi connectivity index (χ2v) is 7.77. The van der Waals surface area contributed by atoms with Crippen LogP contribution in [0.5, 0.6) is 0 Å². The molecule has 1 atom stereocenters. The molecular weight excluding hydrogens is 340 g/mol. The summed E-state index contributed by atoms with van der Waals surface area (Å²) < 4.78 is 0. The summed E-state index contributed by atoms with van der Waals surface area (Å²) >= 11 is 0. The van der Waals surface area contributed by atoms with Crippen molar-refractivity contribution >= 4 is 11.9 Å². The van der Waals surface area contributed by atoms with Crippen LogP contribution in [-0.4, -0.2) is 22.2 Å². The first-order valence-corrected chi connectivity index (χ1v) is 11.4. The largest absolute Gasteiger partial charge is 0.481 e. The molecule has 0 aromatic rings. The normalized spacial score (nSPS) is 11.5. The molecule has 162 valence electrons. The van der Waals surface area contributed by atoms with Gasteiger partial charge in [-0.25, -0.2) is 0 Å².